The second-order valence-electron chi connectivity index (χ2n) is 4.23. The first kappa shape index (κ1) is 16.1. The van der Waals surface area contributed by atoms with Gasteiger partial charge in [-0.15, -0.1) is 0 Å². The number of hydrogen-bond donors (Lipinski definition) is 1. The highest BCUT2D eigenvalue weighted by Crippen LogP contribution is 2.32. The summed E-state index contributed by atoms with van der Waals surface area (Å²) in [5.74, 6) is -1.34. The van der Waals surface area contributed by atoms with Gasteiger partial charge in [0.1, 0.15) is 5.69 Å². The maximum atomic E-state index is 12.7. The van der Waals surface area contributed by atoms with Gasteiger partial charge in [-0.25, -0.2) is 9.97 Å². The molecule has 0 aromatic carbocycles. The van der Waals surface area contributed by atoms with E-state index in [0.29, 0.717) is 0 Å². The highest BCUT2D eigenvalue weighted by atomic mass is 19.4. The number of rotatable bonds is 2. The molecule has 2 rings (SSSR count). The minimum atomic E-state index is -4.70. The quantitative estimate of drug-likeness (QED) is 0.863. The second-order valence-corrected chi connectivity index (χ2v) is 4.23. The van der Waals surface area contributed by atoms with Gasteiger partial charge in [0, 0.05) is 36.3 Å². The third-order valence-corrected chi connectivity index (χ3v) is 2.69. The molecule has 0 aliphatic carbocycles. The van der Waals surface area contributed by atoms with Gasteiger partial charge in [-0.1, -0.05) is 0 Å². The summed E-state index contributed by atoms with van der Waals surface area (Å²) in [6, 6.07) is 1.10. The van der Waals surface area contributed by atoms with E-state index in [0.717, 1.165) is 24.7 Å². The minimum absolute atomic E-state index is 0.101. The Kier molecular flexibility index (Phi) is 4.05. The molecule has 0 radical (unpaired) electrons. The zero-order valence-electron chi connectivity index (χ0n) is 10.7. The van der Waals surface area contributed by atoms with E-state index in [1.165, 1.54) is 0 Å². The van der Waals surface area contributed by atoms with E-state index in [-0.39, 0.29) is 16.7 Å². The molecule has 0 saturated heterocycles. The Morgan fingerprint density at radius 3 is 1.82 bits per heavy atom. The van der Waals surface area contributed by atoms with Gasteiger partial charge in [-0.2, -0.15) is 26.3 Å². The highest BCUT2D eigenvalue weighted by Gasteiger charge is 2.36. The van der Waals surface area contributed by atoms with Crippen LogP contribution in [0.3, 0.4) is 0 Å². The molecule has 0 saturated carbocycles. The highest BCUT2D eigenvalue weighted by molar-refractivity contribution is 5.61. The lowest BCUT2D eigenvalue weighted by Gasteiger charge is -2.12. The summed E-state index contributed by atoms with van der Waals surface area (Å²) in [6.45, 7) is -0.419. The van der Waals surface area contributed by atoms with E-state index in [2.05, 4.69) is 15.0 Å². The van der Waals surface area contributed by atoms with E-state index in [9.17, 15) is 26.3 Å². The molecule has 0 unspecified atom stereocenters. The topological polar surface area (TPSA) is 64.7 Å². The van der Waals surface area contributed by atoms with Crippen molar-refractivity contribution in [1.29, 1.82) is 0 Å². The van der Waals surface area contributed by atoms with E-state index < -0.39 is 30.4 Å². The van der Waals surface area contributed by atoms with E-state index in [1.54, 1.807) is 0 Å². The van der Waals surface area contributed by atoms with Crippen LogP contribution in [0.2, 0.25) is 0 Å². The van der Waals surface area contributed by atoms with Crippen LogP contribution in [0.4, 0.5) is 26.3 Å². The molecule has 0 bridgehead atoms. The number of nitrogens with zero attached hydrogens (tertiary/aromatic N) is 3. The fraction of sp³-hybridized carbons (Fsp3) is 0.250. The van der Waals surface area contributed by atoms with Crippen molar-refractivity contribution in [3.63, 3.8) is 0 Å². The van der Waals surface area contributed by atoms with Gasteiger partial charge >= 0.3 is 12.4 Å². The van der Waals surface area contributed by atoms with Crippen molar-refractivity contribution < 1.29 is 26.3 Å². The monoisotopic (exact) mass is 322 g/mol. The molecular formula is C12H8F6N4. The lowest BCUT2D eigenvalue weighted by molar-refractivity contribution is -0.145. The van der Waals surface area contributed by atoms with Gasteiger partial charge in [0.25, 0.3) is 0 Å². The fourth-order valence-corrected chi connectivity index (χ4v) is 1.70. The molecule has 118 valence electrons. The molecule has 0 fully saturated rings. The van der Waals surface area contributed by atoms with Crippen LogP contribution in [-0.2, 0) is 18.9 Å². The molecule has 2 heterocycles. The Labute approximate surface area is 120 Å². The Morgan fingerprint density at radius 2 is 1.36 bits per heavy atom. The maximum Gasteiger partial charge on any atom is 0.451 e. The van der Waals surface area contributed by atoms with Gasteiger partial charge in [0.05, 0.1) is 0 Å². The van der Waals surface area contributed by atoms with Gasteiger partial charge < -0.3 is 5.73 Å². The lowest BCUT2D eigenvalue weighted by Crippen LogP contribution is -2.14. The number of hydrogen-bond acceptors (Lipinski definition) is 4. The van der Waals surface area contributed by atoms with Crippen molar-refractivity contribution in [2.45, 2.75) is 18.9 Å². The molecule has 2 aromatic rings. The maximum absolute atomic E-state index is 12.7. The standard InChI is InChI=1S/C12H8F6N4/c13-11(14,15)9-6(2-19)1-7(3-20-9)8-4-21-10(22-5-8)12(16,17)18/h1,3-5H,2,19H2. The van der Waals surface area contributed by atoms with E-state index in [4.69, 9.17) is 5.73 Å². The molecule has 22 heavy (non-hydrogen) atoms. The summed E-state index contributed by atoms with van der Waals surface area (Å²) in [6.07, 6.45) is -6.75. The summed E-state index contributed by atoms with van der Waals surface area (Å²) in [4.78, 5) is 9.56. The van der Waals surface area contributed by atoms with Crippen LogP contribution in [0.1, 0.15) is 17.1 Å². The van der Waals surface area contributed by atoms with Gasteiger partial charge in [0.15, 0.2) is 0 Å². The van der Waals surface area contributed by atoms with Crippen LogP contribution >= 0.6 is 0 Å². The Morgan fingerprint density at radius 1 is 0.818 bits per heavy atom. The summed E-state index contributed by atoms with van der Waals surface area (Å²) in [5.41, 5.74) is 4.09. The van der Waals surface area contributed by atoms with Crippen molar-refractivity contribution in [2.75, 3.05) is 0 Å². The Balaban J connectivity index is 2.42. The first-order valence-electron chi connectivity index (χ1n) is 5.78. The molecule has 4 nitrogen and oxygen atoms in total. The molecule has 0 spiro atoms. The lowest BCUT2D eigenvalue weighted by atomic mass is 10.1. The zero-order chi connectivity index (χ0) is 16.5. The van der Waals surface area contributed by atoms with Gasteiger partial charge in [-0.3, -0.25) is 4.98 Å². The first-order chi connectivity index (χ1) is 10.1. The predicted molar refractivity (Wildman–Crippen MR) is 63.2 cm³/mol. The summed E-state index contributed by atoms with van der Waals surface area (Å²) in [7, 11) is 0. The van der Waals surface area contributed by atoms with Crippen molar-refractivity contribution in [3.8, 4) is 11.1 Å². The summed E-state index contributed by atoms with van der Waals surface area (Å²) in [5, 5.41) is 0. The molecule has 10 heteroatoms. The Hall–Kier alpha value is -2.23. The van der Waals surface area contributed by atoms with Crippen LogP contribution in [0.5, 0.6) is 0 Å². The van der Waals surface area contributed by atoms with E-state index >= 15 is 0 Å². The molecular weight excluding hydrogens is 314 g/mol. The molecule has 0 amide bonds. The van der Waals surface area contributed by atoms with Gasteiger partial charge in [-0.05, 0) is 11.6 Å². The van der Waals surface area contributed by atoms with Crippen molar-refractivity contribution >= 4 is 0 Å². The van der Waals surface area contributed by atoms with Crippen LogP contribution in [0.25, 0.3) is 11.1 Å². The van der Waals surface area contributed by atoms with E-state index in [1.807, 2.05) is 0 Å². The average molecular weight is 322 g/mol. The number of nitrogens with two attached hydrogens (primary N) is 1. The zero-order valence-corrected chi connectivity index (χ0v) is 10.7. The number of halogens is 6. The molecule has 0 aliphatic rings. The van der Waals surface area contributed by atoms with Crippen molar-refractivity contribution in [1.82, 2.24) is 15.0 Å². The second kappa shape index (κ2) is 5.52. The van der Waals surface area contributed by atoms with Gasteiger partial charge in [0.2, 0.25) is 5.82 Å². The SMILES string of the molecule is NCc1cc(-c2cnc(C(F)(F)F)nc2)cnc1C(F)(F)F. The third kappa shape index (κ3) is 3.32. The van der Waals surface area contributed by atoms with Crippen LogP contribution < -0.4 is 5.73 Å². The first-order valence-corrected chi connectivity index (χ1v) is 5.78. The Bertz CT molecular complexity index is 663. The third-order valence-electron chi connectivity index (χ3n) is 2.69. The van der Waals surface area contributed by atoms with Crippen LogP contribution in [0.15, 0.2) is 24.7 Å². The largest absolute Gasteiger partial charge is 0.451 e. The van der Waals surface area contributed by atoms with Crippen molar-refractivity contribution in [3.05, 3.63) is 41.7 Å². The minimum Gasteiger partial charge on any atom is -0.326 e. The normalized spacial score (nSPS) is 12.5. The smallest absolute Gasteiger partial charge is 0.326 e. The molecule has 0 aliphatic heterocycles. The molecule has 0 atom stereocenters. The van der Waals surface area contributed by atoms with Crippen LogP contribution in [-0.4, -0.2) is 15.0 Å². The number of pyridine rings is 1. The summed E-state index contributed by atoms with van der Waals surface area (Å²) < 4.78 is 75.1. The van der Waals surface area contributed by atoms with Crippen LogP contribution in [0, 0.1) is 0 Å². The average Bonchev–Trinajstić information content (AvgIpc) is 2.45. The fourth-order valence-electron chi connectivity index (χ4n) is 1.70. The summed E-state index contributed by atoms with van der Waals surface area (Å²) >= 11 is 0. The van der Waals surface area contributed by atoms with Crippen molar-refractivity contribution in [2.24, 2.45) is 5.73 Å². The number of aromatic nitrogens is 3. The molecule has 2 aromatic heterocycles. The predicted octanol–water partition coefficient (Wildman–Crippen LogP) is 3.03. The number of alkyl halides is 6. The molecule has 2 N–H and O–H groups in total.